The molecule has 3 aromatic heterocycles. The van der Waals surface area contributed by atoms with Gasteiger partial charge in [0.15, 0.2) is 5.65 Å². The summed E-state index contributed by atoms with van der Waals surface area (Å²) in [5, 5.41) is 4.46. The number of hydrogen-bond donors (Lipinski definition) is 0. The summed E-state index contributed by atoms with van der Waals surface area (Å²) < 4.78 is 5.36. The molecule has 0 fully saturated rings. The van der Waals surface area contributed by atoms with Gasteiger partial charge in [0.2, 0.25) is 0 Å². The minimum Gasteiger partial charge on any atom is -0.290 e. The molecule has 0 bridgehead atoms. The van der Waals surface area contributed by atoms with Crippen molar-refractivity contribution in [2.24, 2.45) is 13.0 Å². The van der Waals surface area contributed by atoms with Crippen molar-refractivity contribution in [3.8, 4) is 11.3 Å². The molecule has 0 atom stereocenters. The monoisotopic (exact) mass is 375 g/mol. The Labute approximate surface area is 164 Å². The first-order valence-electron chi connectivity index (χ1n) is 9.66. The summed E-state index contributed by atoms with van der Waals surface area (Å²) in [6.45, 7) is 5.76. The number of benzene rings is 1. The van der Waals surface area contributed by atoms with E-state index in [1.54, 1.807) is 11.6 Å². The van der Waals surface area contributed by atoms with E-state index in [0.717, 1.165) is 23.2 Å². The molecule has 6 nitrogen and oxygen atoms in total. The second-order valence-corrected chi connectivity index (χ2v) is 7.63. The second kappa shape index (κ2) is 7.46. The van der Waals surface area contributed by atoms with Gasteiger partial charge in [-0.1, -0.05) is 44.2 Å². The number of fused-ring (bicyclic) bond motifs is 1. The van der Waals surface area contributed by atoms with E-state index in [2.05, 4.69) is 31.1 Å². The fourth-order valence-electron chi connectivity index (χ4n) is 3.39. The van der Waals surface area contributed by atoms with Crippen LogP contribution in [-0.2, 0) is 20.1 Å². The third-order valence-corrected chi connectivity index (χ3v) is 5.03. The summed E-state index contributed by atoms with van der Waals surface area (Å²) in [4.78, 5) is 17.4. The minimum atomic E-state index is -0.0138. The lowest BCUT2D eigenvalue weighted by molar-refractivity contribution is 0.511. The van der Waals surface area contributed by atoms with E-state index in [-0.39, 0.29) is 5.69 Å². The van der Waals surface area contributed by atoms with Crippen LogP contribution in [-0.4, -0.2) is 23.9 Å². The lowest BCUT2D eigenvalue weighted by Gasteiger charge is -2.06. The Morgan fingerprint density at radius 3 is 2.61 bits per heavy atom. The zero-order valence-electron chi connectivity index (χ0n) is 16.5. The molecule has 28 heavy (non-hydrogen) atoms. The van der Waals surface area contributed by atoms with E-state index in [1.807, 2.05) is 52.0 Å². The highest BCUT2D eigenvalue weighted by Gasteiger charge is 2.14. The molecule has 0 radical (unpaired) electrons. The Balaban J connectivity index is 1.65. The van der Waals surface area contributed by atoms with Crippen molar-refractivity contribution < 1.29 is 0 Å². The predicted octanol–water partition coefficient (Wildman–Crippen LogP) is 3.69. The second-order valence-electron chi connectivity index (χ2n) is 7.63. The van der Waals surface area contributed by atoms with Crippen LogP contribution in [0.1, 0.15) is 25.8 Å². The van der Waals surface area contributed by atoms with Gasteiger partial charge in [-0.3, -0.25) is 13.8 Å². The van der Waals surface area contributed by atoms with Gasteiger partial charge < -0.3 is 0 Å². The first kappa shape index (κ1) is 18.2. The Bertz CT molecular complexity index is 1150. The Morgan fingerprint density at radius 1 is 1.07 bits per heavy atom. The van der Waals surface area contributed by atoms with Crippen LogP contribution in [0.4, 0.5) is 0 Å². The lowest BCUT2D eigenvalue weighted by Crippen LogP contribution is -2.22. The molecule has 4 rings (SSSR count). The summed E-state index contributed by atoms with van der Waals surface area (Å²) in [5.41, 5.74) is 4.55. The summed E-state index contributed by atoms with van der Waals surface area (Å²) in [6.07, 6.45) is 4.78. The Morgan fingerprint density at radius 2 is 1.86 bits per heavy atom. The summed E-state index contributed by atoms with van der Waals surface area (Å²) in [6, 6.07) is 14.2. The van der Waals surface area contributed by atoms with Gasteiger partial charge >= 0.3 is 5.69 Å². The molecule has 0 amide bonds. The van der Waals surface area contributed by atoms with E-state index in [0.29, 0.717) is 24.7 Å². The highest BCUT2D eigenvalue weighted by molar-refractivity contribution is 5.76. The molecule has 0 aliphatic rings. The van der Waals surface area contributed by atoms with Crippen LogP contribution in [0.5, 0.6) is 0 Å². The van der Waals surface area contributed by atoms with E-state index in [1.165, 1.54) is 5.56 Å². The first-order chi connectivity index (χ1) is 13.5. The van der Waals surface area contributed by atoms with Crippen molar-refractivity contribution in [2.75, 3.05) is 0 Å². The normalized spacial score (nSPS) is 11.6. The lowest BCUT2D eigenvalue weighted by atomic mass is 10.1. The fraction of sp³-hybridized carbons (Fsp3) is 0.318. The maximum atomic E-state index is 12.6. The maximum absolute atomic E-state index is 12.6. The van der Waals surface area contributed by atoms with Crippen LogP contribution in [0, 0.1) is 5.92 Å². The van der Waals surface area contributed by atoms with Gasteiger partial charge in [0.25, 0.3) is 0 Å². The molecular formula is C22H25N5O. The van der Waals surface area contributed by atoms with E-state index in [4.69, 9.17) is 4.98 Å². The van der Waals surface area contributed by atoms with Crippen LogP contribution in [0.15, 0.2) is 59.7 Å². The molecule has 4 aromatic rings. The molecule has 3 heterocycles. The average Bonchev–Trinajstić information content (AvgIpc) is 3.25. The van der Waals surface area contributed by atoms with Gasteiger partial charge in [-0.05, 0) is 30.0 Å². The van der Waals surface area contributed by atoms with Gasteiger partial charge in [0, 0.05) is 25.4 Å². The number of rotatable bonds is 6. The number of imidazole rings is 1. The molecule has 144 valence electrons. The van der Waals surface area contributed by atoms with Crippen LogP contribution in [0.25, 0.3) is 22.4 Å². The number of aryl methyl sites for hydroxylation is 2. The minimum absolute atomic E-state index is 0.0138. The van der Waals surface area contributed by atoms with Crippen molar-refractivity contribution in [1.82, 2.24) is 23.9 Å². The van der Waals surface area contributed by atoms with Crippen LogP contribution >= 0.6 is 0 Å². The Hall–Kier alpha value is -3.15. The third-order valence-electron chi connectivity index (χ3n) is 5.03. The van der Waals surface area contributed by atoms with Crippen molar-refractivity contribution >= 4 is 11.2 Å². The number of hydrogen-bond acceptors (Lipinski definition) is 3. The van der Waals surface area contributed by atoms with Crippen LogP contribution in [0.3, 0.4) is 0 Å². The van der Waals surface area contributed by atoms with Crippen LogP contribution in [0.2, 0.25) is 0 Å². The molecule has 0 N–H and O–H groups in total. The molecular weight excluding hydrogens is 350 g/mol. The van der Waals surface area contributed by atoms with Crippen LogP contribution < -0.4 is 5.69 Å². The highest BCUT2D eigenvalue weighted by Crippen LogP contribution is 2.21. The molecule has 1 aromatic carbocycles. The van der Waals surface area contributed by atoms with Gasteiger partial charge in [0.1, 0.15) is 0 Å². The zero-order chi connectivity index (χ0) is 19.7. The molecule has 0 aliphatic heterocycles. The SMILES string of the molecule is CC(C)CCn1c(=O)n(C)c2nc(-c3cnn(Cc4ccccc4)c3)ccc21. The standard InChI is InChI=1S/C22H25N5O/c1-16(2)11-12-27-20-10-9-19(24-21(20)25(3)22(27)28)18-13-23-26(15-18)14-17-7-5-4-6-8-17/h4-10,13,15-16H,11-12,14H2,1-3H3. The molecule has 0 aliphatic carbocycles. The molecule has 0 unspecified atom stereocenters. The maximum Gasteiger partial charge on any atom is 0.330 e. The number of pyridine rings is 1. The average molecular weight is 375 g/mol. The van der Waals surface area contributed by atoms with Crippen molar-refractivity contribution in [2.45, 2.75) is 33.4 Å². The predicted molar refractivity (Wildman–Crippen MR) is 111 cm³/mol. The smallest absolute Gasteiger partial charge is 0.290 e. The quantitative estimate of drug-likeness (QED) is 0.516. The van der Waals surface area contributed by atoms with Crippen molar-refractivity contribution in [3.05, 3.63) is 70.9 Å². The molecule has 0 spiro atoms. The molecule has 6 heteroatoms. The van der Waals surface area contributed by atoms with Crippen molar-refractivity contribution in [3.63, 3.8) is 0 Å². The van der Waals surface area contributed by atoms with Gasteiger partial charge in [-0.15, -0.1) is 0 Å². The van der Waals surface area contributed by atoms with E-state index >= 15 is 0 Å². The van der Waals surface area contributed by atoms with Crippen molar-refractivity contribution in [1.29, 1.82) is 0 Å². The summed E-state index contributed by atoms with van der Waals surface area (Å²) in [7, 11) is 1.78. The highest BCUT2D eigenvalue weighted by atomic mass is 16.1. The van der Waals surface area contributed by atoms with E-state index in [9.17, 15) is 4.79 Å². The largest absolute Gasteiger partial charge is 0.330 e. The first-order valence-corrected chi connectivity index (χ1v) is 9.66. The number of aromatic nitrogens is 5. The fourth-order valence-corrected chi connectivity index (χ4v) is 3.39. The topological polar surface area (TPSA) is 57.6 Å². The molecule has 0 saturated heterocycles. The zero-order valence-corrected chi connectivity index (χ0v) is 16.5. The summed E-state index contributed by atoms with van der Waals surface area (Å²) in [5.74, 6) is 0.546. The van der Waals surface area contributed by atoms with Gasteiger partial charge in [0.05, 0.1) is 24.0 Å². The summed E-state index contributed by atoms with van der Waals surface area (Å²) >= 11 is 0. The van der Waals surface area contributed by atoms with Gasteiger partial charge in [-0.2, -0.15) is 5.10 Å². The third kappa shape index (κ3) is 3.50. The number of nitrogens with zero attached hydrogens (tertiary/aromatic N) is 5. The van der Waals surface area contributed by atoms with E-state index < -0.39 is 0 Å². The molecule has 0 saturated carbocycles. The Kier molecular flexibility index (Phi) is 4.86. The van der Waals surface area contributed by atoms with Gasteiger partial charge in [-0.25, -0.2) is 9.78 Å².